The van der Waals surface area contributed by atoms with Crippen LogP contribution in [0.2, 0.25) is 0 Å². The second-order valence-electron chi connectivity index (χ2n) is 7.86. The summed E-state index contributed by atoms with van der Waals surface area (Å²) in [6, 6.07) is 22.1. The second kappa shape index (κ2) is 7.38. The van der Waals surface area contributed by atoms with Crippen molar-refractivity contribution in [2.75, 3.05) is 0 Å². The van der Waals surface area contributed by atoms with Crippen LogP contribution in [0.25, 0.3) is 28.2 Å². The van der Waals surface area contributed by atoms with Gasteiger partial charge in [0.2, 0.25) is 0 Å². The lowest BCUT2D eigenvalue weighted by Crippen LogP contribution is -2.43. The Bertz CT molecular complexity index is 1310. The van der Waals surface area contributed by atoms with Gasteiger partial charge in [-0.15, -0.1) is 0 Å². The number of nitriles is 1. The molecule has 1 aliphatic rings. The summed E-state index contributed by atoms with van der Waals surface area (Å²) in [6.07, 6.45) is 5.83. The maximum absolute atomic E-state index is 9.77. The lowest BCUT2D eigenvalue weighted by Gasteiger charge is -2.38. The van der Waals surface area contributed by atoms with Gasteiger partial charge in [-0.25, -0.2) is 4.98 Å². The van der Waals surface area contributed by atoms with E-state index in [0.29, 0.717) is 17.0 Å². The maximum Gasteiger partial charge on any atom is 0.173 e. The summed E-state index contributed by atoms with van der Waals surface area (Å²) in [5, 5.41) is 17.0. The molecule has 0 aliphatic heterocycles. The van der Waals surface area contributed by atoms with Gasteiger partial charge in [0.1, 0.15) is 11.6 Å². The van der Waals surface area contributed by atoms with Gasteiger partial charge in [-0.05, 0) is 30.9 Å². The molecule has 2 heterocycles. The average molecular weight is 407 g/mol. The van der Waals surface area contributed by atoms with E-state index in [1.807, 2.05) is 40.9 Å². The highest BCUT2D eigenvalue weighted by atomic mass is 16.5. The lowest BCUT2D eigenvalue weighted by molar-refractivity contribution is 0.253. The molecule has 0 radical (unpaired) electrons. The van der Waals surface area contributed by atoms with Crippen LogP contribution in [-0.4, -0.2) is 15.8 Å². The van der Waals surface area contributed by atoms with E-state index in [1.54, 1.807) is 6.07 Å². The number of hydrogen-bond donors (Lipinski definition) is 2. The number of nitrogens with one attached hydrogen (secondary N) is 1. The summed E-state index contributed by atoms with van der Waals surface area (Å²) in [6.45, 7) is 0. The van der Waals surface area contributed by atoms with Crippen molar-refractivity contribution in [2.45, 2.75) is 24.8 Å². The fourth-order valence-corrected chi connectivity index (χ4v) is 4.24. The van der Waals surface area contributed by atoms with Gasteiger partial charge >= 0.3 is 0 Å². The number of fused-ring (bicyclic) bond motifs is 1. The van der Waals surface area contributed by atoms with Crippen molar-refractivity contribution in [3.05, 3.63) is 78.0 Å². The van der Waals surface area contributed by atoms with Crippen molar-refractivity contribution in [3.63, 3.8) is 0 Å². The SMILES string of the molecule is N#Cc1c(OC=N)ccn2c(-c3ccccc3)c(-c3ccc(C4(N)CCC4)cc3)nc12. The second-order valence-corrected chi connectivity index (χ2v) is 7.86. The third-order valence-corrected chi connectivity index (χ3v) is 6.08. The zero-order valence-corrected chi connectivity index (χ0v) is 16.9. The van der Waals surface area contributed by atoms with Crippen LogP contribution in [0.3, 0.4) is 0 Å². The lowest BCUT2D eigenvalue weighted by atomic mass is 9.72. The minimum absolute atomic E-state index is 0.216. The van der Waals surface area contributed by atoms with Gasteiger partial charge in [-0.1, -0.05) is 54.6 Å². The standard InChI is InChI=1S/C25H21N5O/c26-15-20-21(31-16-27)11-14-30-23(18-5-2-1-3-6-18)22(29-24(20)30)17-7-9-19(10-8-17)25(28)12-4-13-25/h1-3,5-11,14,16,27H,4,12-13,28H2. The summed E-state index contributed by atoms with van der Waals surface area (Å²) in [7, 11) is 0. The highest BCUT2D eigenvalue weighted by Gasteiger charge is 2.34. The topological polar surface area (TPSA) is 100 Å². The van der Waals surface area contributed by atoms with Crippen LogP contribution in [0.4, 0.5) is 0 Å². The van der Waals surface area contributed by atoms with Crippen LogP contribution in [-0.2, 0) is 5.54 Å². The Hall–Kier alpha value is -3.95. The minimum Gasteiger partial charge on any atom is -0.445 e. The number of nitrogens with zero attached hydrogens (tertiary/aromatic N) is 3. The predicted molar refractivity (Wildman–Crippen MR) is 120 cm³/mol. The molecule has 2 aromatic carbocycles. The van der Waals surface area contributed by atoms with E-state index >= 15 is 0 Å². The molecule has 0 saturated heterocycles. The Kier molecular flexibility index (Phi) is 4.54. The third kappa shape index (κ3) is 3.07. The summed E-state index contributed by atoms with van der Waals surface area (Å²) in [4.78, 5) is 4.85. The van der Waals surface area contributed by atoms with Crippen LogP contribution < -0.4 is 10.5 Å². The molecule has 1 fully saturated rings. The molecule has 2 aromatic heterocycles. The van der Waals surface area contributed by atoms with E-state index in [-0.39, 0.29) is 5.54 Å². The van der Waals surface area contributed by atoms with Crippen LogP contribution in [0.15, 0.2) is 66.9 Å². The molecule has 0 unspecified atom stereocenters. The van der Waals surface area contributed by atoms with E-state index in [9.17, 15) is 5.26 Å². The molecule has 1 saturated carbocycles. The number of rotatable bonds is 5. The smallest absolute Gasteiger partial charge is 0.173 e. The first-order valence-corrected chi connectivity index (χ1v) is 10.2. The fraction of sp³-hybridized carbons (Fsp3) is 0.160. The molecule has 31 heavy (non-hydrogen) atoms. The first-order valence-electron chi connectivity index (χ1n) is 10.2. The van der Waals surface area contributed by atoms with Crippen molar-refractivity contribution in [1.82, 2.24) is 9.38 Å². The number of benzene rings is 2. The molecule has 6 heteroatoms. The van der Waals surface area contributed by atoms with Crippen molar-refractivity contribution in [2.24, 2.45) is 5.73 Å². The number of imidazole rings is 1. The van der Waals surface area contributed by atoms with Crippen molar-refractivity contribution in [1.29, 1.82) is 10.7 Å². The molecule has 4 aromatic rings. The molecule has 3 N–H and O–H groups in total. The molecule has 152 valence electrons. The molecular weight excluding hydrogens is 386 g/mol. The van der Waals surface area contributed by atoms with Gasteiger partial charge in [0, 0.05) is 22.9 Å². The Morgan fingerprint density at radius 3 is 2.42 bits per heavy atom. The maximum atomic E-state index is 9.77. The summed E-state index contributed by atoms with van der Waals surface area (Å²) in [5.74, 6) is 0.312. The quantitative estimate of drug-likeness (QED) is 0.364. The van der Waals surface area contributed by atoms with E-state index in [1.165, 1.54) is 6.42 Å². The predicted octanol–water partition coefficient (Wildman–Crippen LogP) is 4.86. The number of hydrogen-bond acceptors (Lipinski definition) is 5. The number of nitrogens with two attached hydrogens (primary N) is 1. The Morgan fingerprint density at radius 2 is 1.81 bits per heavy atom. The van der Waals surface area contributed by atoms with Gasteiger partial charge in [-0.3, -0.25) is 9.81 Å². The first-order chi connectivity index (χ1) is 15.1. The number of aromatic nitrogens is 2. The van der Waals surface area contributed by atoms with E-state index in [4.69, 9.17) is 20.9 Å². The van der Waals surface area contributed by atoms with Crippen LogP contribution in [0.1, 0.15) is 30.4 Å². The van der Waals surface area contributed by atoms with E-state index < -0.39 is 0 Å². The molecule has 0 atom stereocenters. The molecule has 6 nitrogen and oxygen atoms in total. The zero-order valence-electron chi connectivity index (χ0n) is 16.9. The van der Waals surface area contributed by atoms with Crippen LogP contribution in [0, 0.1) is 16.7 Å². The van der Waals surface area contributed by atoms with E-state index in [0.717, 1.165) is 47.3 Å². The fourth-order valence-electron chi connectivity index (χ4n) is 4.24. The highest BCUT2D eigenvalue weighted by molar-refractivity contribution is 5.84. The summed E-state index contributed by atoms with van der Waals surface area (Å²) >= 11 is 0. The largest absolute Gasteiger partial charge is 0.445 e. The normalized spacial score (nSPS) is 14.6. The van der Waals surface area contributed by atoms with Crippen molar-refractivity contribution >= 4 is 12.0 Å². The Morgan fingerprint density at radius 1 is 1.06 bits per heavy atom. The summed E-state index contributed by atoms with van der Waals surface area (Å²) < 4.78 is 7.13. The highest BCUT2D eigenvalue weighted by Crippen LogP contribution is 2.40. The molecule has 0 spiro atoms. The van der Waals surface area contributed by atoms with Crippen LogP contribution >= 0.6 is 0 Å². The van der Waals surface area contributed by atoms with Gasteiger partial charge in [0.15, 0.2) is 17.8 Å². The third-order valence-electron chi connectivity index (χ3n) is 6.08. The molecular formula is C25H21N5O. The van der Waals surface area contributed by atoms with Gasteiger partial charge in [0.05, 0.1) is 11.4 Å². The van der Waals surface area contributed by atoms with E-state index in [2.05, 4.69) is 30.3 Å². The summed E-state index contributed by atoms with van der Waals surface area (Å²) in [5.41, 5.74) is 11.8. The van der Waals surface area contributed by atoms with Gasteiger partial charge in [-0.2, -0.15) is 5.26 Å². The Labute approximate surface area is 180 Å². The zero-order chi connectivity index (χ0) is 21.4. The monoisotopic (exact) mass is 407 g/mol. The average Bonchev–Trinajstić information content (AvgIpc) is 3.18. The molecule has 5 rings (SSSR count). The number of ether oxygens (including phenoxy) is 1. The molecule has 0 bridgehead atoms. The Balaban J connectivity index is 1.73. The molecule has 1 aliphatic carbocycles. The first kappa shape index (κ1) is 19.0. The van der Waals surface area contributed by atoms with Crippen LogP contribution in [0.5, 0.6) is 5.75 Å². The van der Waals surface area contributed by atoms with Gasteiger partial charge < -0.3 is 10.5 Å². The van der Waals surface area contributed by atoms with Gasteiger partial charge in [0.25, 0.3) is 0 Å². The molecule has 0 amide bonds. The minimum atomic E-state index is -0.216. The van der Waals surface area contributed by atoms with Crippen molar-refractivity contribution < 1.29 is 4.74 Å². The number of pyridine rings is 1. The van der Waals surface area contributed by atoms with Crippen molar-refractivity contribution in [3.8, 4) is 34.3 Å².